The summed E-state index contributed by atoms with van der Waals surface area (Å²) in [7, 11) is 0. The summed E-state index contributed by atoms with van der Waals surface area (Å²) in [4.78, 5) is 17.5. The van der Waals surface area contributed by atoms with E-state index in [-0.39, 0.29) is 18.0 Å². The zero-order valence-corrected chi connectivity index (χ0v) is 16.4. The van der Waals surface area contributed by atoms with Crippen molar-refractivity contribution in [3.05, 3.63) is 101 Å². The van der Waals surface area contributed by atoms with Crippen LogP contribution in [0.5, 0.6) is 0 Å². The van der Waals surface area contributed by atoms with Crippen LogP contribution in [0.25, 0.3) is 0 Å². The third-order valence-corrected chi connectivity index (χ3v) is 4.21. The Morgan fingerprint density at radius 2 is 1.52 bits per heavy atom. The summed E-state index contributed by atoms with van der Waals surface area (Å²) in [6.07, 6.45) is 0. The molecule has 3 aromatic carbocycles. The number of carbonyl (C=O) groups is 1. The Hall–Kier alpha value is -3.73. The van der Waals surface area contributed by atoms with E-state index in [9.17, 15) is 10.0 Å². The van der Waals surface area contributed by atoms with E-state index in [4.69, 9.17) is 4.74 Å². The largest absolute Gasteiger partial charge is 0.618 e. The minimum absolute atomic E-state index is 0.150. The average molecular weight is 386 g/mol. The molecule has 0 atom stereocenters. The van der Waals surface area contributed by atoms with E-state index in [0.29, 0.717) is 21.7 Å². The van der Waals surface area contributed by atoms with Gasteiger partial charge in [-0.1, -0.05) is 66.2 Å². The van der Waals surface area contributed by atoms with E-state index in [1.165, 1.54) is 0 Å². The van der Waals surface area contributed by atoms with Crippen LogP contribution in [0.15, 0.2) is 89.9 Å². The van der Waals surface area contributed by atoms with Crippen LogP contribution in [0.1, 0.15) is 18.1 Å². The van der Waals surface area contributed by atoms with Gasteiger partial charge in [0.2, 0.25) is 5.69 Å². The number of aryl methyl sites for hydroxylation is 1. The van der Waals surface area contributed by atoms with Gasteiger partial charge in [-0.3, -0.25) is 0 Å². The fourth-order valence-corrected chi connectivity index (χ4v) is 2.76. The Kier molecular flexibility index (Phi) is 6.53. The molecular formula is C24H22N2O3. The lowest BCUT2D eigenvalue weighted by Crippen LogP contribution is -2.33. The molecule has 0 radical (unpaired) electrons. The van der Waals surface area contributed by atoms with Crippen LogP contribution in [-0.2, 0) is 9.53 Å². The predicted molar refractivity (Wildman–Crippen MR) is 115 cm³/mol. The molecule has 0 N–H and O–H groups in total. The molecular weight excluding hydrogens is 364 g/mol. The summed E-state index contributed by atoms with van der Waals surface area (Å²) in [5.41, 5.74) is 2.76. The smallest absolute Gasteiger partial charge is 0.407 e. The number of nitrogens with zero attached hydrogens (tertiary/aromatic N) is 2. The van der Waals surface area contributed by atoms with Gasteiger partial charge in [0.05, 0.1) is 12.3 Å². The van der Waals surface area contributed by atoms with Gasteiger partial charge in [-0.05, 0) is 26.0 Å². The van der Waals surface area contributed by atoms with Crippen molar-refractivity contribution in [3.63, 3.8) is 0 Å². The lowest BCUT2D eigenvalue weighted by molar-refractivity contribution is -0.358. The van der Waals surface area contributed by atoms with Crippen molar-refractivity contribution in [2.75, 3.05) is 6.61 Å². The quantitative estimate of drug-likeness (QED) is 0.198. The van der Waals surface area contributed by atoms with E-state index in [0.717, 1.165) is 5.56 Å². The third-order valence-electron chi connectivity index (χ3n) is 4.21. The first kappa shape index (κ1) is 20.0. The average Bonchev–Trinajstić information content (AvgIpc) is 2.75. The zero-order valence-electron chi connectivity index (χ0n) is 16.4. The van der Waals surface area contributed by atoms with Gasteiger partial charge in [-0.25, -0.2) is 9.79 Å². The maximum absolute atomic E-state index is 13.2. The maximum Gasteiger partial charge on any atom is 0.407 e. The number of esters is 1. The topological polar surface area (TPSA) is 64.7 Å². The highest BCUT2D eigenvalue weighted by atomic mass is 16.5. The van der Waals surface area contributed by atoms with E-state index in [2.05, 4.69) is 4.99 Å². The van der Waals surface area contributed by atoms with Crippen LogP contribution in [-0.4, -0.2) is 28.7 Å². The van der Waals surface area contributed by atoms with Crippen molar-refractivity contribution in [2.45, 2.75) is 13.8 Å². The van der Waals surface area contributed by atoms with Crippen molar-refractivity contribution < 1.29 is 14.3 Å². The van der Waals surface area contributed by atoms with Gasteiger partial charge in [-0.15, -0.1) is 0 Å². The first-order chi connectivity index (χ1) is 14.1. The van der Waals surface area contributed by atoms with E-state index in [1.807, 2.05) is 61.5 Å². The first-order valence-electron chi connectivity index (χ1n) is 9.37. The van der Waals surface area contributed by atoms with Crippen LogP contribution >= 0.6 is 0 Å². The monoisotopic (exact) mass is 386 g/mol. The number of rotatable bonds is 6. The van der Waals surface area contributed by atoms with E-state index >= 15 is 0 Å². The molecule has 3 rings (SSSR count). The van der Waals surface area contributed by atoms with Crippen molar-refractivity contribution in [1.82, 2.24) is 0 Å². The summed E-state index contributed by atoms with van der Waals surface area (Å²) in [5, 5.41) is 13.2. The Morgan fingerprint density at radius 3 is 2.10 bits per heavy atom. The number of benzene rings is 3. The van der Waals surface area contributed by atoms with Crippen molar-refractivity contribution >= 4 is 28.8 Å². The Balaban J connectivity index is 2.26. The van der Waals surface area contributed by atoms with Crippen LogP contribution in [0, 0.1) is 12.1 Å². The molecule has 0 heterocycles. The summed E-state index contributed by atoms with van der Waals surface area (Å²) < 4.78 is 5.80. The molecule has 0 fully saturated rings. The number of aliphatic imine (C=N–C) groups is 1. The maximum atomic E-state index is 13.2. The molecule has 3 aromatic rings. The van der Waals surface area contributed by atoms with Crippen molar-refractivity contribution in [3.8, 4) is 0 Å². The standard InChI is InChI=1S/C24H22N2O3/c1-3-29-24(27)23(26(28)21-12-8-5-9-13-21)22(19-16-14-18(2)15-17-19)25-20-10-6-4-7-11-20/h4-17H,3H2,1-2H3/b25-22?,26-23+. The van der Waals surface area contributed by atoms with Crippen LogP contribution in [0.4, 0.5) is 11.4 Å². The van der Waals surface area contributed by atoms with Crippen LogP contribution in [0.2, 0.25) is 0 Å². The van der Waals surface area contributed by atoms with E-state index < -0.39 is 5.97 Å². The first-order valence-corrected chi connectivity index (χ1v) is 9.37. The number of ether oxygens (including phenoxy) is 1. The Labute approximate surface area is 170 Å². The summed E-state index contributed by atoms with van der Waals surface area (Å²) in [5.74, 6) is -0.721. The fourth-order valence-electron chi connectivity index (χ4n) is 2.76. The Morgan fingerprint density at radius 1 is 0.931 bits per heavy atom. The number of para-hydroxylation sites is 2. The highest BCUT2D eigenvalue weighted by Gasteiger charge is 2.31. The fraction of sp³-hybridized carbons (Fsp3) is 0.125. The highest BCUT2D eigenvalue weighted by molar-refractivity contribution is 6.67. The molecule has 0 aliphatic heterocycles. The molecule has 5 nitrogen and oxygen atoms in total. The molecule has 0 amide bonds. The molecule has 0 saturated heterocycles. The normalized spacial score (nSPS) is 12.3. The molecule has 0 aliphatic rings. The number of carbonyl (C=O) groups excluding carboxylic acids is 1. The Bertz CT molecular complexity index is 1020. The predicted octanol–water partition coefficient (Wildman–Crippen LogP) is 4.96. The van der Waals surface area contributed by atoms with Gasteiger partial charge in [0, 0.05) is 17.7 Å². The summed E-state index contributed by atoms with van der Waals surface area (Å²) >= 11 is 0. The molecule has 0 unspecified atom stereocenters. The second-order valence-electron chi connectivity index (χ2n) is 6.36. The lowest BCUT2D eigenvalue weighted by atomic mass is 10.0. The van der Waals surface area contributed by atoms with Crippen molar-refractivity contribution in [1.29, 1.82) is 0 Å². The molecule has 5 heteroatoms. The minimum atomic E-state index is -0.721. The van der Waals surface area contributed by atoms with Crippen molar-refractivity contribution in [2.24, 2.45) is 4.99 Å². The van der Waals surface area contributed by atoms with Gasteiger partial charge in [0.15, 0.2) is 5.71 Å². The molecule has 146 valence electrons. The molecule has 0 spiro atoms. The van der Waals surface area contributed by atoms with Crippen LogP contribution < -0.4 is 0 Å². The molecule has 0 aromatic heterocycles. The van der Waals surface area contributed by atoms with Gasteiger partial charge in [0.1, 0.15) is 0 Å². The minimum Gasteiger partial charge on any atom is -0.618 e. The molecule has 29 heavy (non-hydrogen) atoms. The number of hydrogen-bond donors (Lipinski definition) is 0. The van der Waals surface area contributed by atoms with Crippen LogP contribution in [0.3, 0.4) is 0 Å². The molecule has 0 bridgehead atoms. The summed E-state index contributed by atoms with van der Waals surface area (Å²) in [6, 6.07) is 25.3. The van der Waals surface area contributed by atoms with E-state index in [1.54, 1.807) is 37.3 Å². The highest BCUT2D eigenvalue weighted by Crippen LogP contribution is 2.18. The number of hydrogen-bond acceptors (Lipinski definition) is 4. The lowest BCUT2D eigenvalue weighted by Gasteiger charge is -2.12. The molecule has 0 aliphatic carbocycles. The van der Waals surface area contributed by atoms with Gasteiger partial charge in [-0.2, -0.15) is 4.74 Å². The second-order valence-corrected chi connectivity index (χ2v) is 6.36. The van der Waals surface area contributed by atoms with Gasteiger partial charge < -0.3 is 9.94 Å². The van der Waals surface area contributed by atoms with Gasteiger partial charge in [0.25, 0.3) is 0 Å². The summed E-state index contributed by atoms with van der Waals surface area (Å²) in [6.45, 7) is 3.82. The van der Waals surface area contributed by atoms with Gasteiger partial charge >= 0.3 is 11.7 Å². The molecule has 0 saturated carbocycles. The second kappa shape index (κ2) is 9.46. The SMILES string of the molecule is CCOC(=O)/C(C(=Nc1ccccc1)c1ccc(C)cc1)=[N+](/[O-])c1ccccc1. The zero-order chi connectivity index (χ0) is 20.6. The third kappa shape index (κ3) is 4.96.